The van der Waals surface area contributed by atoms with Crippen LogP contribution in [0.4, 0.5) is 5.69 Å². The molecule has 2 atom stereocenters. The number of para-hydroxylation sites is 1. The number of hydrogen-bond acceptors (Lipinski definition) is 5. The molecule has 2 N–H and O–H groups in total. The number of aliphatic imine (C=N–C) groups is 1. The first-order valence-corrected chi connectivity index (χ1v) is 9.27. The summed E-state index contributed by atoms with van der Waals surface area (Å²) in [7, 11) is 0. The molecule has 4 rings (SSSR count). The van der Waals surface area contributed by atoms with Crippen molar-refractivity contribution in [1.29, 1.82) is 0 Å². The first-order valence-electron chi connectivity index (χ1n) is 8.89. The lowest BCUT2D eigenvalue weighted by Gasteiger charge is -2.37. The predicted octanol–water partition coefficient (Wildman–Crippen LogP) is 3.52. The van der Waals surface area contributed by atoms with Crippen LogP contribution < -0.4 is 10.1 Å². The second-order valence-electron chi connectivity index (χ2n) is 6.78. The normalized spacial score (nSPS) is 19.9. The van der Waals surface area contributed by atoms with E-state index in [0.29, 0.717) is 29.5 Å². The van der Waals surface area contributed by atoms with Gasteiger partial charge in [0, 0.05) is 30.7 Å². The van der Waals surface area contributed by atoms with Crippen molar-refractivity contribution in [2.24, 2.45) is 10.9 Å². The van der Waals surface area contributed by atoms with Crippen LogP contribution in [0.2, 0.25) is 5.02 Å². The summed E-state index contributed by atoms with van der Waals surface area (Å²) in [4.78, 5) is 18.4. The number of nitrogens with zero attached hydrogens (tertiary/aromatic N) is 2. The Labute approximate surface area is 162 Å². The largest absolute Gasteiger partial charge is 0.481 e. The van der Waals surface area contributed by atoms with Crippen molar-refractivity contribution < 1.29 is 14.6 Å². The Morgan fingerprint density at radius 3 is 2.96 bits per heavy atom. The molecule has 0 spiro atoms. The smallest absolute Gasteiger partial charge is 0.307 e. The van der Waals surface area contributed by atoms with E-state index in [9.17, 15) is 9.90 Å². The Morgan fingerprint density at radius 2 is 2.15 bits per heavy atom. The number of carbonyl (C=O) groups is 1. The maximum absolute atomic E-state index is 11.4. The number of piperazine rings is 1. The molecule has 2 aliphatic rings. The van der Waals surface area contributed by atoms with E-state index in [1.807, 2.05) is 30.3 Å². The number of rotatable bonds is 2. The molecule has 1 saturated heterocycles. The molecule has 0 amide bonds. The van der Waals surface area contributed by atoms with Crippen LogP contribution in [0.25, 0.3) is 0 Å². The average Bonchev–Trinajstić information content (AvgIpc) is 2.84. The molecule has 2 aliphatic heterocycles. The highest BCUT2D eigenvalue weighted by Crippen LogP contribution is 2.39. The molecule has 140 valence electrons. The number of carboxylic acid groups (broad SMARTS) is 1. The van der Waals surface area contributed by atoms with E-state index in [1.54, 1.807) is 19.1 Å². The second kappa shape index (κ2) is 7.21. The Hall–Kier alpha value is -2.57. The van der Waals surface area contributed by atoms with Gasteiger partial charge in [-0.3, -0.25) is 4.79 Å². The van der Waals surface area contributed by atoms with Gasteiger partial charge < -0.3 is 20.1 Å². The number of carboxylic acids is 1. The summed E-state index contributed by atoms with van der Waals surface area (Å²) in [5.74, 6) is 0.840. The molecule has 1 fully saturated rings. The van der Waals surface area contributed by atoms with Crippen LogP contribution in [0.1, 0.15) is 12.5 Å². The van der Waals surface area contributed by atoms with E-state index < -0.39 is 11.9 Å². The maximum atomic E-state index is 11.4. The molecular weight excluding hydrogens is 366 g/mol. The number of nitrogens with one attached hydrogen (secondary N) is 1. The Morgan fingerprint density at radius 1 is 1.33 bits per heavy atom. The lowest BCUT2D eigenvalue weighted by Crippen LogP contribution is -2.56. The molecule has 6 nitrogen and oxygen atoms in total. The number of benzene rings is 2. The van der Waals surface area contributed by atoms with Gasteiger partial charge in [0.05, 0.1) is 11.5 Å². The predicted molar refractivity (Wildman–Crippen MR) is 104 cm³/mol. The van der Waals surface area contributed by atoms with Crippen LogP contribution in [-0.4, -0.2) is 47.5 Å². The van der Waals surface area contributed by atoms with E-state index in [1.165, 1.54) is 0 Å². The first kappa shape index (κ1) is 17.8. The highest BCUT2D eigenvalue weighted by molar-refractivity contribution is 6.31. The summed E-state index contributed by atoms with van der Waals surface area (Å²) in [6, 6.07) is 13.0. The zero-order valence-electron chi connectivity index (χ0n) is 14.9. The van der Waals surface area contributed by atoms with Crippen molar-refractivity contribution in [3.8, 4) is 11.5 Å². The maximum Gasteiger partial charge on any atom is 0.307 e. The topological polar surface area (TPSA) is 74.2 Å². The van der Waals surface area contributed by atoms with Gasteiger partial charge in [0.2, 0.25) is 0 Å². The highest BCUT2D eigenvalue weighted by Gasteiger charge is 2.31. The van der Waals surface area contributed by atoms with Gasteiger partial charge in [0.1, 0.15) is 17.3 Å². The lowest BCUT2D eigenvalue weighted by atomic mass is 9.99. The van der Waals surface area contributed by atoms with Crippen LogP contribution in [0.5, 0.6) is 11.5 Å². The zero-order valence-corrected chi connectivity index (χ0v) is 15.6. The fraction of sp³-hybridized carbons (Fsp3) is 0.300. The van der Waals surface area contributed by atoms with E-state index >= 15 is 0 Å². The third-order valence-corrected chi connectivity index (χ3v) is 5.23. The molecule has 2 aromatic rings. The zero-order chi connectivity index (χ0) is 19.0. The van der Waals surface area contributed by atoms with Gasteiger partial charge in [0.25, 0.3) is 0 Å². The molecule has 27 heavy (non-hydrogen) atoms. The molecular formula is C20H20ClN3O3. The summed E-state index contributed by atoms with van der Waals surface area (Å²) >= 11 is 6.16. The molecule has 2 heterocycles. The first-order chi connectivity index (χ1) is 13.0. The van der Waals surface area contributed by atoms with Gasteiger partial charge in [-0.1, -0.05) is 30.7 Å². The summed E-state index contributed by atoms with van der Waals surface area (Å²) < 4.78 is 6.08. The minimum Gasteiger partial charge on any atom is -0.481 e. The monoisotopic (exact) mass is 385 g/mol. The van der Waals surface area contributed by atoms with Crippen molar-refractivity contribution in [1.82, 2.24) is 10.2 Å². The Balaban J connectivity index is 1.76. The fourth-order valence-corrected chi connectivity index (χ4v) is 3.58. The van der Waals surface area contributed by atoms with Gasteiger partial charge >= 0.3 is 5.97 Å². The highest BCUT2D eigenvalue weighted by atomic mass is 35.5. The van der Waals surface area contributed by atoms with Crippen LogP contribution in [0.3, 0.4) is 0 Å². The quantitative estimate of drug-likeness (QED) is 0.827. The molecule has 0 aromatic heterocycles. The Kier molecular flexibility index (Phi) is 4.76. The second-order valence-corrected chi connectivity index (χ2v) is 7.22. The number of aliphatic carboxylic acids is 1. The standard InChI is InChI=1S/C20H20ClN3O3/c1-12(20(25)26)16-11-24(9-8-22-16)19-14-4-2-3-5-17(14)27-18-7-6-13(21)10-15(18)23-19/h2-7,10,12,16,22H,8-9,11H2,1H3,(H,25,26)/t12-,16?/m0/s1. The number of amidine groups is 1. The molecule has 0 bridgehead atoms. The summed E-state index contributed by atoms with van der Waals surface area (Å²) in [6.45, 7) is 3.69. The molecule has 2 aromatic carbocycles. The van der Waals surface area contributed by atoms with Gasteiger partial charge in [-0.05, 0) is 30.3 Å². The Bertz CT molecular complexity index is 915. The number of ether oxygens (including phenoxy) is 1. The molecule has 1 unspecified atom stereocenters. The molecule has 7 heteroatoms. The van der Waals surface area contributed by atoms with E-state index in [-0.39, 0.29) is 6.04 Å². The molecule has 0 saturated carbocycles. The summed E-state index contributed by atoms with van der Waals surface area (Å²) in [6.07, 6.45) is 0. The van der Waals surface area contributed by atoms with E-state index in [4.69, 9.17) is 21.3 Å². The van der Waals surface area contributed by atoms with Gasteiger partial charge in [-0.15, -0.1) is 0 Å². The van der Waals surface area contributed by atoms with Gasteiger partial charge in [-0.2, -0.15) is 0 Å². The fourth-order valence-electron chi connectivity index (χ4n) is 3.42. The van der Waals surface area contributed by atoms with Crippen molar-refractivity contribution in [2.45, 2.75) is 13.0 Å². The molecule has 0 radical (unpaired) electrons. The third kappa shape index (κ3) is 3.50. The number of halogens is 1. The minimum atomic E-state index is -0.807. The van der Waals surface area contributed by atoms with Crippen molar-refractivity contribution in [3.63, 3.8) is 0 Å². The van der Waals surface area contributed by atoms with Crippen LogP contribution in [0, 0.1) is 5.92 Å². The lowest BCUT2D eigenvalue weighted by molar-refractivity contribution is -0.142. The van der Waals surface area contributed by atoms with Gasteiger partial charge in [0.15, 0.2) is 5.75 Å². The average molecular weight is 386 g/mol. The van der Waals surface area contributed by atoms with Gasteiger partial charge in [-0.25, -0.2) is 4.99 Å². The van der Waals surface area contributed by atoms with E-state index in [2.05, 4.69) is 10.2 Å². The molecule has 0 aliphatic carbocycles. The number of hydrogen-bond donors (Lipinski definition) is 2. The number of fused-ring (bicyclic) bond motifs is 2. The summed E-state index contributed by atoms with van der Waals surface area (Å²) in [5, 5.41) is 13.3. The minimum absolute atomic E-state index is 0.158. The van der Waals surface area contributed by atoms with Crippen molar-refractivity contribution in [2.75, 3.05) is 19.6 Å². The van der Waals surface area contributed by atoms with E-state index in [0.717, 1.165) is 23.7 Å². The van der Waals surface area contributed by atoms with Crippen molar-refractivity contribution >= 4 is 29.1 Å². The van der Waals surface area contributed by atoms with Crippen LogP contribution >= 0.6 is 11.6 Å². The van der Waals surface area contributed by atoms with Crippen molar-refractivity contribution in [3.05, 3.63) is 53.1 Å². The van der Waals surface area contributed by atoms with Crippen LogP contribution in [-0.2, 0) is 4.79 Å². The summed E-state index contributed by atoms with van der Waals surface area (Å²) in [5.41, 5.74) is 1.54. The SMILES string of the molecule is C[C@H](C(=O)O)C1CN(C2=Nc3cc(Cl)ccc3Oc3ccccc32)CCN1. The van der Waals surface area contributed by atoms with Crippen LogP contribution in [0.15, 0.2) is 47.5 Å². The third-order valence-electron chi connectivity index (χ3n) is 4.99.